The van der Waals surface area contributed by atoms with E-state index in [1.54, 1.807) is 7.11 Å². The number of alkyl carbamates (subject to hydrolysis) is 1. The highest BCUT2D eigenvalue weighted by atomic mass is 16.6. The lowest BCUT2D eigenvalue weighted by atomic mass is 9.95. The number of ether oxygens (including phenoxy) is 2. The van der Waals surface area contributed by atoms with Gasteiger partial charge in [-0.15, -0.1) is 0 Å². The summed E-state index contributed by atoms with van der Waals surface area (Å²) in [6, 6.07) is 0. The van der Waals surface area contributed by atoms with Crippen molar-refractivity contribution in [3.63, 3.8) is 0 Å². The number of carbonyl (C=O) groups excluding carboxylic acids is 1. The van der Waals surface area contributed by atoms with Gasteiger partial charge in [-0.1, -0.05) is 13.8 Å². The van der Waals surface area contributed by atoms with E-state index in [0.29, 0.717) is 13.2 Å². The zero-order valence-corrected chi connectivity index (χ0v) is 10.6. The highest BCUT2D eigenvalue weighted by Crippen LogP contribution is 2.14. The highest BCUT2D eigenvalue weighted by Gasteiger charge is 2.21. The van der Waals surface area contributed by atoms with E-state index >= 15 is 0 Å². The third-order valence-corrected chi connectivity index (χ3v) is 1.65. The fourth-order valence-corrected chi connectivity index (χ4v) is 1.07. The van der Waals surface area contributed by atoms with Gasteiger partial charge in [0, 0.05) is 19.1 Å². The van der Waals surface area contributed by atoms with Crippen LogP contribution in [0.25, 0.3) is 0 Å². The Balaban J connectivity index is 3.90. The first kappa shape index (κ1) is 14.2. The average molecular weight is 217 g/mol. The molecule has 4 nitrogen and oxygen atoms in total. The Morgan fingerprint density at radius 3 is 2.13 bits per heavy atom. The Morgan fingerprint density at radius 1 is 1.20 bits per heavy atom. The molecule has 0 heterocycles. The van der Waals surface area contributed by atoms with E-state index in [1.165, 1.54) is 0 Å². The summed E-state index contributed by atoms with van der Waals surface area (Å²) in [4.78, 5) is 11.3. The van der Waals surface area contributed by atoms with E-state index in [9.17, 15) is 4.79 Å². The minimum absolute atomic E-state index is 0.0777. The number of hydrogen-bond acceptors (Lipinski definition) is 3. The van der Waals surface area contributed by atoms with Crippen molar-refractivity contribution >= 4 is 6.09 Å². The number of carbonyl (C=O) groups is 1. The van der Waals surface area contributed by atoms with Gasteiger partial charge in [0.2, 0.25) is 0 Å². The monoisotopic (exact) mass is 217 g/mol. The maximum Gasteiger partial charge on any atom is 0.407 e. The van der Waals surface area contributed by atoms with Crippen molar-refractivity contribution in [3.8, 4) is 0 Å². The summed E-state index contributed by atoms with van der Waals surface area (Å²) in [6.45, 7) is 10.7. The molecule has 1 amide bonds. The molecule has 0 bridgehead atoms. The number of amides is 1. The molecule has 0 fully saturated rings. The second-order valence-electron chi connectivity index (χ2n) is 5.45. The summed E-state index contributed by atoms with van der Waals surface area (Å²) in [5, 5.41) is 2.72. The Kier molecular flexibility index (Phi) is 5.08. The Labute approximate surface area is 92.3 Å². The molecule has 90 valence electrons. The molecule has 0 aliphatic rings. The number of hydrogen-bond donors (Lipinski definition) is 1. The van der Waals surface area contributed by atoms with Crippen molar-refractivity contribution in [2.75, 3.05) is 20.3 Å². The summed E-state index contributed by atoms with van der Waals surface area (Å²) < 4.78 is 10.2. The smallest absolute Gasteiger partial charge is 0.407 e. The van der Waals surface area contributed by atoms with E-state index < -0.39 is 5.60 Å². The summed E-state index contributed by atoms with van der Waals surface area (Å²) in [5.41, 5.74) is -0.527. The highest BCUT2D eigenvalue weighted by molar-refractivity contribution is 5.67. The van der Waals surface area contributed by atoms with E-state index in [-0.39, 0.29) is 11.5 Å². The molecular weight excluding hydrogens is 194 g/mol. The van der Waals surface area contributed by atoms with Gasteiger partial charge in [-0.05, 0) is 20.8 Å². The lowest BCUT2D eigenvalue weighted by molar-refractivity contribution is 0.0466. The minimum atomic E-state index is -0.449. The maximum absolute atomic E-state index is 11.3. The number of nitrogens with one attached hydrogen (secondary N) is 1. The van der Waals surface area contributed by atoms with Gasteiger partial charge < -0.3 is 14.8 Å². The number of rotatable bonds is 4. The quantitative estimate of drug-likeness (QED) is 0.785. The molecule has 0 aromatic heterocycles. The lowest BCUT2D eigenvalue weighted by Gasteiger charge is -2.25. The molecule has 0 saturated carbocycles. The summed E-state index contributed by atoms with van der Waals surface area (Å²) in [7, 11) is 1.65. The van der Waals surface area contributed by atoms with Crippen LogP contribution in [-0.2, 0) is 9.47 Å². The average Bonchev–Trinajstić information content (AvgIpc) is 1.98. The van der Waals surface area contributed by atoms with Crippen LogP contribution in [0.15, 0.2) is 0 Å². The van der Waals surface area contributed by atoms with Crippen molar-refractivity contribution in [1.82, 2.24) is 5.32 Å². The van der Waals surface area contributed by atoms with E-state index in [0.717, 1.165) is 0 Å². The lowest BCUT2D eigenvalue weighted by Crippen LogP contribution is -2.39. The second kappa shape index (κ2) is 5.35. The molecule has 0 saturated heterocycles. The maximum atomic E-state index is 11.3. The largest absolute Gasteiger partial charge is 0.444 e. The van der Waals surface area contributed by atoms with Crippen LogP contribution >= 0.6 is 0 Å². The van der Waals surface area contributed by atoms with Crippen LogP contribution in [0.5, 0.6) is 0 Å². The predicted octanol–water partition coefficient (Wildman–Crippen LogP) is 2.18. The number of methoxy groups -OCH3 is 1. The van der Waals surface area contributed by atoms with Gasteiger partial charge in [-0.2, -0.15) is 0 Å². The molecule has 15 heavy (non-hydrogen) atoms. The topological polar surface area (TPSA) is 47.6 Å². The predicted molar refractivity (Wildman–Crippen MR) is 59.9 cm³/mol. The van der Waals surface area contributed by atoms with Crippen molar-refractivity contribution in [2.45, 2.75) is 40.2 Å². The Bertz CT molecular complexity index is 206. The van der Waals surface area contributed by atoms with Crippen molar-refractivity contribution in [3.05, 3.63) is 0 Å². The van der Waals surface area contributed by atoms with Gasteiger partial charge in [0.15, 0.2) is 0 Å². The zero-order valence-electron chi connectivity index (χ0n) is 10.6. The van der Waals surface area contributed by atoms with E-state index in [4.69, 9.17) is 9.47 Å². The molecule has 0 radical (unpaired) electrons. The fourth-order valence-electron chi connectivity index (χ4n) is 1.07. The van der Waals surface area contributed by atoms with Gasteiger partial charge in [0.05, 0.1) is 6.61 Å². The third-order valence-electron chi connectivity index (χ3n) is 1.65. The van der Waals surface area contributed by atoms with Gasteiger partial charge in [0.25, 0.3) is 0 Å². The van der Waals surface area contributed by atoms with Crippen LogP contribution in [0.1, 0.15) is 34.6 Å². The minimum Gasteiger partial charge on any atom is -0.444 e. The summed E-state index contributed by atoms with van der Waals surface area (Å²) >= 11 is 0. The SMILES string of the molecule is COCC(C)(C)CNC(=O)OC(C)(C)C. The molecule has 0 atom stereocenters. The first-order valence-corrected chi connectivity index (χ1v) is 5.12. The first-order valence-electron chi connectivity index (χ1n) is 5.12. The molecule has 0 aromatic carbocycles. The standard InChI is InChI=1S/C11H23NO3/c1-10(2,3)15-9(13)12-7-11(4,5)8-14-6/h7-8H2,1-6H3,(H,12,13). The molecule has 0 rings (SSSR count). The van der Waals surface area contributed by atoms with Crippen molar-refractivity contribution in [2.24, 2.45) is 5.41 Å². The van der Waals surface area contributed by atoms with Crippen molar-refractivity contribution < 1.29 is 14.3 Å². The first-order chi connectivity index (χ1) is 6.66. The van der Waals surface area contributed by atoms with Gasteiger partial charge in [-0.25, -0.2) is 4.79 Å². The Hall–Kier alpha value is -0.770. The van der Waals surface area contributed by atoms with Crippen LogP contribution < -0.4 is 5.32 Å². The molecule has 0 aliphatic carbocycles. The molecule has 0 unspecified atom stereocenters. The van der Waals surface area contributed by atoms with Crippen LogP contribution in [0, 0.1) is 5.41 Å². The van der Waals surface area contributed by atoms with Crippen LogP contribution in [0.4, 0.5) is 4.79 Å². The summed E-state index contributed by atoms with van der Waals surface area (Å²) in [5.74, 6) is 0. The van der Waals surface area contributed by atoms with Gasteiger partial charge >= 0.3 is 6.09 Å². The van der Waals surface area contributed by atoms with Gasteiger partial charge in [-0.3, -0.25) is 0 Å². The molecule has 0 aliphatic heterocycles. The molecule has 0 aromatic rings. The van der Waals surface area contributed by atoms with Crippen LogP contribution in [0.2, 0.25) is 0 Å². The Morgan fingerprint density at radius 2 is 1.73 bits per heavy atom. The zero-order chi connectivity index (χ0) is 12.1. The molecule has 1 N–H and O–H groups in total. The molecular formula is C11H23NO3. The van der Waals surface area contributed by atoms with E-state index in [1.807, 2.05) is 34.6 Å². The third kappa shape index (κ3) is 8.24. The molecule has 4 heteroatoms. The van der Waals surface area contributed by atoms with Gasteiger partial charge in [0.1, 0.15) is 5.60 Å². The molecule has 0 spiro atoms. The fraction of sp³-hybridized carbons (Fsp3) is 0.909. The normalized spacial score (nSPS) is 12.4. The van der Waals surface area contributed by atoms with Crippen LogP contribution in [0.3, 0.4) is 0 Å². The van der Waals surface area contributed by atoms with Crippen LogP contribution in [-0.4, -0.2) is 32.0 Å². The summed E-state index contributed by atoms with van der Waals surface area (Å²) in [6.07, 6.45) is -0.383. The van der Waals surface area contributed by atoms with E-state index in [2.05, 4.69) is 5.32 Å². The van der Waals surface area contributed by atoms with Crippen molar-refractivity contribution in [1.29, 1.82) is 0 Å². The second-order valence-corrected chi connectivity index (χ2v) is 5.45.